The number of nitrogens with two attached hydrogens (primary N) is 1. The molecule has 5 rings (SSSR count). The molecule has 1 aliphatic carbocycles. The molecule has 6 N–H and O–H groups in total. The van der Waals surface area contributed by atoms with Crippen molar-refractivity contribution in [2.24, 2.45) is 0 Å². The zero-order chi connectivity index (χ0) is 29.3. The summed E-state index contributed by atoms with van der Waals surface area (Å²) in [4.78, 5) is 30.5. The van der Waals surface area contributed by atoms with Gasteiger partial charge in [0.2, 0.25) is 11.6 Å². The van der Waals surface area contributed by atoms with Crippen molar-refractivity contribution in [2.75, 3.05) is 0 Å². The van der Waals surface area contributed by atoms with E-state index in [-0.39, 0.29) is 17.0 Å². The summed E-state index contributed by atoms with van der Waals surface area (Å²) < 4.78 is 2.63. The first-order valence-electron chi connectivity index (χ1n) is 13.3. The average Bonchev–Trinajstić information content (AvgIpc) is 3.76. The smallest absolute Gasteiger partial charge is 0.264 e. The molecule has 1 fully saturated rings. The predicted molar refractivity (Wildman–Crippen MR) is 152 cm³/mol. The normalized spacial score (nSPS) is 14.4. The Bertz CT molecular complexity index is 1760. The number of aliphatic hydroxyl groups is 1. The van der Waals surface area contributed by atoms with Gasteiger partial charge >= 0.3 is 0 Å². The van der Waals surface area contributed by atoms with Gasteiger partial charge in [0.05, 0.1) is 5.39 Å². The number of quaternary nitrogens is 1. The van der Waals surface area contributed by atoms with Gasteiger partial charge in [0.25, 0.3) is 11.6 Å². The van der Waals surface area contributed by atoms with E-state index >= 15 is 0 Å². The predicted octanol–water partition coefficient (Wildman–Crippen LogP) is 2.43. The maximum absolute atomic E-state index is 13.2. The number of hydrogen-bond acceptors (Lipinski definition) is 6. The van der Waals surface area contributed by atoms with E-state index in [1.54, 1.807) is 55.1 Å². The summed E-state index contributed by atoms with van der Waals surface area (Å²) in [5, 5.41) is 33.6. The topological polar surface area (TPSA) is 145 Å². The Morgan fingerprint density at radius 3 is 2.63 bits per heavy atom. The van der Waals surface area contributed by atoms with E-state index in [0.29, 0.717) is 33.6 Å². The minimum Gasteiger partial charge on any atom is -0.379 e. The number of nitrogens with one attached hydrogen (secondary N) is 1. The number of carbonyl (C=O) groups excluding carboxylic acids is 1. The molecule has 0 atom stereocenters. The highest BCUT2D eigenvalue weighted by molar-refractivity contribution is 5.97. The summed E-state index contributed by atoms with van der Waals surface area (Å²) in [6.07, 6.45) is 9.87. The van der Waals surface area contributed by atoms with E-state index in [4.69, 9.17) is 0 Å². The molecule has 3 aromatic heterocycles. The third-order valence-corrected chi connectivity index (χ3v) is 7.01. The van der Waals surface area contributed by atoms with Crippen LogP contribution in [0.25, 0.3) is 27.9 Å². The van der Waals surface area contributed by atoms with Crippen molar-refractivity contribution >= 4 is 28.1 Å². The molecule has 10 nitrogen and oxygen atoms in total. The van der Waals surface area contributed by atoms with Crippen molar-refractivity contribution < 1.29 is 30.5 Å². The van der Waals surface area contributed by atoms with Crippen molar-refractivity contribution in [3.05, 3.63) is 112 Å². The fraction of sp³-hybridized carbons (Fsp3) is 0.226. The quantitative estimate of drug-likeness (QED) is 0.0978. The molecule has 1 aliphatic rings. The Morgan fingerprint density at radius 2 is 1.95 bits per heavy atom. The van der Waals surface area contributed by atoms with E-state index in [0.717, 1.165) is 34.2 Å². The van der Waals surface area contributed by atoms with Crippen LogP contribution in [0.1, 0.15) is 60.8 Å². The number of benzene rings is 1. The van der Waals surface area contributed by atoms with Gasteiger partial charge in [-0.2, -0.15) is 5.48 Å². The highest BCUT2D eigenvalue weighted by Crippen LogP contribution is 2.26. The second-order valence-corrected chi connectivity index (χ2v) is 10.7. The SMILES string of the molecule is C/C(=C\C(=C/[NH2+]O)c1cccc(-n2cc(C(=O)NC3CC3)c(=O)c3cccnc32)c1)c1ccc(C(C)(C)O)[n+](O)c1. The fourth-order valence-corrected chi connectivity index (χ4v) is 4.68. The first-order chi connectivity index (χ1) is 19.6. The maximum atomic E-state index is 13.2. The van der Waals surface area contributed by atoms with Gasteiger partial charge in [-0.05, 0) is 81.2 Å². The Hall–Kier alpha value is -4.64. The van der Waals surface area contributed by atoms with Crippen LogP contribution in [0.5, 0.6) is 0 Å². The van der Waals surface area contributed by atoms with E-state index in [1.165, 1.54) is 12.4 Å². The third-order valence-electron chi connectivity index (χ3n) is 7.01. The first-order valence-corrected chi connectivity index (χ1v) is 13.3. The van der Waals surface area contributed by atoms with E-state index in [1.807, 2.05) is 37.3 Å². The number of allylic oxidation sites excluding steroid dienone is 3. The number of carbonyl (C=O) groups is 1. The van der Waals surface area contributed by atoms with Crippen LogP contribution in [0.15, 0.2) is 84.2 Å². The Labute approximate surface area is 236 Å². The number of fused-ring (bicyclic) bond motifs is 1. The zero-order valence-corrected chi connectivity index (χ0v) is 23.1. The van der Waals surface area contributed by atoms with Gasteiger partial charge in [0.1, 0.15) is 23.0 Å². The van der Waals surface area contributed by atoms with Crippen LogP contribution in [0.2, 0.25) is 0 Å². The lowest BCUT2D eigenvalue weighted by Crippen LogP contribution is -2.73. The molecule has 0 saturated heterocycles. The van der Waals surface area contributed by atoms with Gasteiger partial charge in [-0.15, -0.1) is 0 Å². The molecule has 0 aliphatic heterocycles. The largest absolute Gasteiger partial charge is 0.379 e. The highest BCUT2D eigenvalue weighted by atomic mass is 16.5. The van der Waals surface area contributed by atoms with Gasteiger partial charge in [-0.3, -0.25) is 14.8 Å². The van der Waals surface area contributed by atoms with Crippen LogP contribution in [-0.4, -0.2) is 37.0 Å². The molecule has 1 saturated carbocycles. The summed E-state index contributed by atoms with van der Waals surface area (Å²) in [6, 6.07) is 14.3. The number of rotatable bonds is 8. The van der Waals surface area contributed by atoms with Gasteiger partial charge in [0, 0.05) is 46.1 Å². The number of hydroxylamine groups is 1. The van der Waals surface area contributed by atoms with Gasteiger partial charge in [-0.25, -0.2) is 10.2 Å². The maximum Gasteiger partial charge on any atom is 0.264 e. The zero-order valence-electron chi connectivity index (χ0n) is 23.1. The minimum atomic E-state index is -1.22. The number of aromatic nitrogens is 3. The van der Waals surface area contributed by atoms with Crippen LogP contribution in [0.3, 0.4) is 0 Å². The number of amides is 1. The second kappa shape index (κ2) is 11.1. The van der Waals surface area contributed by atoms with Crippen LogP contribution in [0, 0.1) is 0 Å². The molecule has 0 unspecified atom stereocenters. The standard InChI is InChI=1S/C31H31N5O5/c1-19(21-9-12-27(31(2,3)39)36(41)17-21)14-22(16-33-40)20-6-4-7-24(15-20)35-18-26(30(38)34-23-10-11-23)28(37)25-8-5-13-32-29(25)35/h4-9,12-18,23,33,39-40H,10-11H2,1-3H3,(H-,34,38,41)/p+2/b19-14+,22-16+. The summed E-state index contributed by atoms with van der Waals surface area (Å²) in [5.41, 5.74) is 3.77. The molecular formula is C31H33N5O5+2. The Morgan fingerprint density at radius 1 is 1.17 bits per heavy atom. The summed E-state index contributed by atoms with van der Waals surface area (Å²) in [7, 11) is 0. The molecule has 3 heterocycles. The lowest BCUT2D eigenvalue weighted by molar-refractivity contribution is -0.913. The fourth-order valence-electron chi connectivity index (χ4n) is 4.68. The monoisotopic (exact) mass is 555 g/mol. The molecule has 0 radical (unpaired) electrons. The number of pyridine rings is 3. The van der Waals surface area contributed by atoms with E-state index < -0.39 is 11.5 Å². The van der Waals surface area contributed by atoms with Crippen molar-refractivity contribution in [1.82, 2.24) is 14.9 Å². The molecule has 0 spiro atoms. The Balaban J connectivity index is 1.57. The van der Waals surface area contributed by atoms with Gasteiger partial charge in [0.15, 0.2) is 0 Å². The van der Waals surface area contributed by atoms with Crippen molar-refractivity contribution in [3.8, 4) is 5.69 Å². The highest BCUT2D eigenvalue weighted by Gasteiger charge is 2.29. The van der Waals surface area contributed by atoms with Crippen LogP contribution >= 0.6 is 0 Å². The molecule has 10 heteroatoms. The molecular weight excluding hydrogens is 522 g/mol. The molecule has 4 aromatic rings. The van der Waals surface area contributed by atoms with Crippen LogP contribution in [-0.2, 0) is 5.60 Å². The van der Waals surface area contributed by atoms with E-state index in [9.17, 15) is 25.1 Å². The average molecular weight is 556 g/mol. The minimum absolute atomic E-state index is 0.0461. The van der Waals surface area contributed by atoms with Crippen LogP contribution in [0.4, 0.5) is 0 Å². The molecule has 41 heavy (non-hydrogen) atoms. The Kier molecular flexibility index (Phi) is 7.55. The summed E-state index contributed by atoms with van der Waals surface area (Å²) in [5.74, 6) is -0.404. The third kappa shape index (κ3) is 5.94. The lowest BCUT2D eigenvalue weighted by atomic mass is 9.99. The van der Waals surface area contributed by atoms with Gasteiger partial charge in [-0.1, -0.05) is 12.1 Å². The second-order valence-electron chi connectivity index (χ2n) is 10.7. The molecule has 0 bridgehead atoms. The summed E-state index contributed by atoms with van der Waals surface area (Å²) in [6.45, 7) is 5.05. The lowest BCUT2D eigenvalue weighted by Gasteiger charge is -2.14. The van der Waals surface area contributed by atoms with Gasteiger partial charge < -0.3 is 15.0 Å². The molecule has 1 aromatic carbocycles. The van der Waals surface area contributed by atoms with Crippen LogP contribution < -0.4 is 21.0 Å². The number of hydrogen-bond donors (Lipinski definition) is 5. The van der Waals surface area contributed by atoms with Crippen molar-refractivity contribution in [1.29, 1.82) is 0 Å². The van der Waals surface area contributed by atoms with Crippen molar-refractivity contribution in [2.45, 2.75) is 45.3 Å². The van der Waals surface area contributed by atoms with E-state index in [2.05, 4.69) is 10.3 Å². The first kappa shape index (κ1) is 27.9. The molecule has 1 amide bonds. The van der Waals surface area contributed by atoms with Crippen molar-refractivity contribution in [3.63, 3.8) is 0 Å². The molecule has 210 valence electrons. The summed E-state index contributed by atoms with van der Waals surface area (Å²) >= 11 is 0. The number of nitrogens with zero attached hydrogens (tertiary/aromatic N) is 3.